The molecule has 2 N–H and O–H groups in total. The van der Waals surface area contributed by atoms with Crippen LogP contribution in [0.3, 0.4) is 0 Å². The zero-order valence-electron chi connectivity index (χ0n) is 10.6. The normalized spacial score (nSPS) is 10.5. The van der Waals surface area contributed by atoms with E-state index in [2.05, 4.69) is 9.72 Å². The molecular formula is C13H12ClNO5. The molecule has 1 aromatic heterocycles. The van der Waals surface area contributed by atoms with E-state index in [-0.39, 0.29) is 29.9 Å². The van der Waals surface area contributed by atoms with E-state index >= 15 is 0 Å². The van der Waals surface area contributed by atoms with Crippen LogP contribution in [-0.2, 0) is 4.74 Å². The number of phenols is 1. The van der Waals surface area contributed by atoms with Crippen molar-refractivity contribution in [1.29, 1.82) is 0 Å². The Kier molecular flexibility index (Phi) is 4.14. The summed E-state index contributed by atoms with van der Waals surface area (Å²) >= 11 is 5.53. The van der Waals surface area contributed by atoms with Crippen LogP contribution in [0.2, 0.25) is 0 Å². The summed E-state index contributed by atoms with van der Waals surface area (Å²) in [4.78, 5) is 25.7. The van der Waals surface area contributed by atoms with Gasteiger partial charge in [0.15, 0.2) is 5.78 Å². The summed E-state index contributed by atoms with van der Waals surface area (Å²) in [7, 11) is 0. The van der Waals surface area contributed by atoms with Crippen molar-refractivity contribution in [2.75, 3.05) is 12.5 Å². The number of alkyl halides is 1. The topological polar surface area (TPSA) is 88.6 Å². The quantitative estimate of drug-likeness (QED) is 0.514. The molecular weight excluding hydrogens is 286 g/mol. The SMILES string of the molecule is CCOC(=O)Oc1cc2c(C(=O)CCl)ccc(O)c2[nH]1. The van der Waals surface area contributed by atoms with Crippen LogP contribution >= 0.6 is 11.6 Å². The first-order valence-corrected chi connectivity index (χ1v) is 6.38. The summed E-state index contributed by atoms with van der Waals surface area (Å²) in [6, 6.07) is 4.27. The molecule has 0 bridgehead atoms. The second-order valence-corrected chi connectivity index (χ2v) is 4.16. The van der Waals surface area contributed by atoms with Gasteiger partial charge in [-0.3, -0.25) is 4.79 Å². The predicted molar refractivity (Wildman–Crippen MR) is 72.7 cm³/mol. The highest BCUT2D eigenvalue weighted by atomic mass is 35.5. The Bertz CT molecular complexity index is 664. The third kappa shape index (κ3) is 2.70. The lowest BCUT2D eigenvalue weighted by molar-refractivity contribution is 0.101. The van der Waals surface area contributed by atoms with Crippen LogP contribution in [0.4, 0.5) is 4.79 Å². The fraction of sp³-hybridized carbons (Fsp3) is 0.231. The van der Waals surface area contributed by atoms with Crippen molar-refractivity contribution in [2.24, 2.45) is 0 Å². The van der Waals surface area contributed by atoms with Crippen LogP contribution in [-0.4, -0.2) is 34.5 Å². The van der Waals surface area contributed by atoms with Gasteiger partial charge in [0, 0.05) is 17.0 Å². The van der Waals surface area contributed by atoms with Crippen molar-refractivity contribution in [2.45, 2.75) is 6.92 Å². The third-order valence-corrected chi connectivity index (χ3v) is 2.87. The number of benzene rings is 1. The van der Waals surface area contributed by atoms with E-state index in [4.69, 9.17) is 16.3 Å². The minimum atomic E-state index is -0.872. The zero-order valence-corrected chi connectivity index (χ0v) is 11.4. The predicted octanol–water partition coefficient (Wildman–Crippen LogP) is 2.83. The molecule has 106 valence electrons. The highest BCUT2D eigenvalue weighted by Crippen LogP contribution is 2.31. The standard InChI is InChI=1S/C13H12ClNO5/c1-2-19-13(18)20-11-5-8-7(10(17)6-14)3-4-9(16)12(8)15-11/h3-5,15-16H,2,6H2,1H3. The van der Waals surface area contributed by atoms with Gasteiger partial charge in [-0.15, -0.1) is 11.6 Å². The van der Waals surface area contributed by atoms with Crippen LogP contribution in [0, 0.1) is 0 Å². The molecule has 0 unspecified atom stereocenters. The summed E-state index contributed by atoms with van der Waals surface area (Å²) in [5.41, 5.74) is 0.628. The van der Waals surface area contributed by atoms with Gasteiger partial charge in [-0.1, -0.05) is 0 Å². The molecule has 0 atom stereocenters. The van der Waals surface area contributed by atoms with Crippen molar-refractivity contribution < 1.29 is 24.2 Å². The Balaban J connectivity index is 2.44. The fourth-order valence-electron chi connectivity index (χ4n) is 1.79. The average Bonchev–Trinajstić information content (AvgIpc) is 2.83. The number of hydrogen-bond acceptors (Lipinski definition) is 5. The number of rotatable bonds is 4. The molecule has 0 aliphatic carbocycles. The van der Waals surface area contributed by atoms with Crippen LogP contribution in [0.5, 0.6) is 11.6 Å². The monoisotopic (exact) mass is 297 g/mol. The highest BCUT2D eigenvalue weighted by Gasteiger charge is 2.16. The molecule has 2 aromatic rings. The molecule has 2 rings (SSSR count). The number of carbonyl (C=O) groups is 2. The number of aromatic amines is 1. The third-order valence-electron chi connectivity index (χ3n) is 2.62. The molecule has 0 spiro atoms. The van der Waals surface area contributed by atoms with E-state index < -0.39 is 6.16 Å². The van der Waals surface area contributed by atoms with Gasteiger partial charge in [0.2, 0.25) is 5.88 Å². The number of phenolic OH excluding ortho intramolecular Hbond substituents is 1. The maximum Gasteiger partial charge on any atom is 0.515 e. The van der Waals surface area contributed by atoms with Crippen LogP contribution in [0.15, 0.2) is 18.2 Å². The molecule has 0 saturated heterocycles. The molecule has 0 saturated carbocycles. The number of fused-ring (bicyclic) bond motifs is 1. The summed E-state index contributed by atoms with van der Waals surface area (Å²) in [6.45, 7) is 1.83. The van der Waals surface area contributed by atoms with Crippen molar-refractivity contribution in [1.82, 2.24) is 4.98 Å². The van der Waals surface area contributed by atoms with Crippen LogP contribution in [0.1, 0.15) is 17.3 Å². The first-order valence-electron chi connectivity index (χ1n) is 5.85. The van der Waals surface area contributed by atoms with E-state index in [0.29, 0.717) is 16.5 Å². The second kappa shape index (κ2) is 5.83. The average molecular weight is 298 g/mol. The lowest BCUT2D eigenvalue weighted by Crippen LogP contribution is -2.10. The smallest absolute Gasteiger partial charge is 0.506 e. The van der Waals surface area contributed by atoms with Crippen molar-refractivity contribution in [3.8, 4) is 11.6 Å². The maximum absolute atomic E-state index is 11.7. The van der Waals surface area contributed by atoms with Crippen molar-refractivity contribution in [3.05, 3.63) is 23.8 Å². The van der Waals surface area contributed by atoms with Gasteiger partial charge in [-0.25, -0.2) is 4.79 Å². The van der Waals surface area contributed by atoms with Gasteiger partial charge in [-0.2, -0.15) is 0 Å². The van der Waals surface area contributed by atoms with Crippen LogP contribution in [0.25, 0.3) is 10.9 Å². The van der Waals surface area contributed by atoms with Crippen LogP contribution < -0.4 is 4.74 Å². The van der Waals surface area contributed by atoms with E-state index in [0.717, 1.165) is 0 Å². The Morgan fingerprint density at radius 1 is 1.40 bits per heavy atom. The molecule has 0 aliphatic heterocycles. The van der Waals surface area contributed by atoms with Gasteiger partial charge in [0.1, 0.15) is 5.75 Å². The lowest BCUT2D eigenvalue weighted by Gasteiger charge is -2.00. The first kappa shape index (κ1) is 14.2. The molecule has 0 radical (unpaired) electrons. The summed E-state index contributed by atoms with van der Waals surface area (Å²) in [5, 5.41) is 10.2. The Morgan fingerprint density at radius 2 is 2.15 bits per heavy atom. The Labute approximate surface area is 119 Å². The van der Waals surface area contributed by atoms with Crippen molar-refractivity contribution in [3.63, 3.8) is 0 Å². The number of H-pyrrole nitrogens is 1. The number of carbonyl (C=O) groups excluding carboxylic acids is 2. The zero-order chi connectivity index (χ0) is 14.7. The summed E-state index contributed by atoms with van der Waals surface area (Å²) < 4.78 is 9.53. The van der Waals surface area contributed by atoms with E-state index in [1.54, 1.807) is 6.92 Å². The molecule has 1 aromatic carbocycles. The summed E-state index contributed by atoms with van der Waals surface area (Å²) in [5.74, 6) is -0.467. The van der Waals surface area contributed by atoms with Gasteiger partial charge in [-0.05, 0) is 19.1 Å². The van der Waals surface area contributed by atoms with Gasteiger partial charge < -0.3 is 19.6 Å². The molecule has 0 fully saturated rings. The van der Waals surface area contributed by atoms with Gasteiger partial charge >= 0.3 is 6.16 Å². The highest BCUT2D eigenvalue weighted by molar-refractivity contribution is 6.32. The fourth-order valence-corrected chi connectivity index (χ4v) is 1.93. The number of nitrogens with one attached hydrogen (secondary N) is 1. The van der Waals surface area contributed by atoms with E-state index in [1.165, 1.54) is 18.2 Å². The largest absolute Gasteiger partial charge is 0.515 e. The molecule has 0 aliphatic rings. The second-order valence-electron chi connectivity index (χ2n) is 3.90. The minimum absolute atomic E-state index is 0.0650. The maximum atomic E-state index is 11.7. The molecule has 20 heavy (non-hydrogen) atoms. The number of ketones is 1. The number of halogens is 1. The van der Waals surface area contributed by atoms with Gasteiger partial charge in [0.05, 0.1) is 18.0 Å². The number of ether oxygens (including phenoxy) is 2. The first-order chi connectivity index (χ1) is 9.56. The number of aromatic nitrogens is 1. The number of hydrogen-bond donors (Lipinski definition) is 2. The summed E-state index contributed by atoms with van der Waals surface area (Å²) in [6.07, 6.45) is -0.872. The molecule has 6 nitrogen and oxygen atoms in total. The number of aromatic hydroxyl groups is 1. The Morgan fingerprint density at radius 3 is 2.80 bits per heavy atom. The van der Waals surface area contributed by atoms with E-state index in [9.17, 15) is 14.7 Å². The number of Topliss-reactive ketones (excluding diaryl/α,β-unsaturated/α-hetero) is 1. The van der Waals surface area contributed by atoms with Gasteiger partial charge in [0.25, 0.3) is 0 Å². The molecule has 0 amide bonds. The molecule has 1 heterocycles. The molecule has 7 heteroatoms. The Hall–Kier alpha value is -2.21. The minimum Gasteiger partial charge on any atom is -0.506 e. The lowest BCUT2D eigenvalue weighted by atomic mass is 10.1. The van der Waals surface area contributed by atoms with Crippen molar-refractivity contribution >= 4 is 34.4 Å². The van der Waals surface area contributed by atoms with E-state index in [1.807, 2.05) is 0 Å².